The molecular weight excluding hydrogens is 375 g/mol. The van der Waals surface area contributed by atoms with Gasteiger partial charge in [-0.05, 0) is 32.9 Å². The van der Waals surface area contributed by atoms with E-state index < -0.39 is 24.7 Å². The third kappa shape index (κ3) is 3.99. The number of morpholine rings is 1. The number of carbonyl (C=O) groups is 1. The second-order valence-corrected chi connectivity index (χ2v) is 6.97. The number of hydrogen-bond donors (Lipinski definition) is 1. The number of phenolic OH excluding ortho intramolecular Hbond substituents is 1. The lowest BCUT2D eigenvalue weighted by molar-refractivity contribution is -0.143. The summed E-state index contributed by atoms with van der Waals surface area (Å²) in [6.45, 7) is 4.52. The summed E-state index contributed by atoms with van der Waals surface area (Å²) in [6.07, 6.45) is -4.40. The molecule has 1 amide bonds. The van der Waals surface area contributed by atoms with Crippen LogP contribution in [0.2, 0.25) is 0 Å². The van der Waals surface area contributed by atoms with E-state index in [1.165, 1.54) is 11.0 Å². The summed E-state index contributed by atoms with van der Waals surface area (Å²) in [4.78, 5) is 14.7. The van der Waals surface area contributed by atoms with E-state index in [-0.39, 0.29) is 24.5 Å². The molecule has 0 saturated carbocycles. The molecule has 3 rings (SSSR count). The average molecular weight is 397 g/mol. The van der Waals surface area contributed by atoms with E-state index in [4.69, 9.17) is 4.74 Å². The van der Waals surface area contributed by atoms with E-state index in [0.717, 1.165) is 10.2 Å². The molecule has 0 bridgehead atoms. The Balaban J connectivity index is 1.98. The standard InChI is InChI=1S/C19H22F3N3O3/c1-11-4-5-16(26)14(8-11)18(27)24-6-7-28-9-15(24)17-12(2)23-25(13(17)3)10-19(20,21)22/h4-5,8,15,26H,6-7,9-10H2,1-3H3. The molecule has 6 nitrogen and oxygen atoms in total. The highest BCUT2D eigenvalue weighted by atomic mass is 19.4. The van der Waals surface area contributed by atoms with Gasteiger partial charge in [-0.25, -0.2) is 0 Å². The first-order valence-electron chi connectivity index (χ1n) is 8.87. The summed E-state index contributed by atoms with van der Waals surface area (Å²) >= 11 is 0. The number of aromatic hydroxyl groups is 1. The lowest BCUT2D eigenvalue weighted by Crippen LogP contribution is -2.43. The van der Waals surface area contributed by atoms with Crippen molar-refractivity contribution < 1.29 is 27.8 Å². The van der Waals surface area contributed by atoms with Crippen molar-refractivity contribution in [2.24, 2.45) is 0 Å². The number of benzene rings is 1. The van der Waals surface area contributed by atoms with Gasteiger partial charge >= 0.3 is 6.18 Å². The summed E-state index contributed by atoms with van der Waals surface area (Å²) in [6, 6.07) is 4.16. The molecule has 1 aromatic heterocycles. The van der Waals surface area contributed by atoms with Crippen molar-refractivity contribution >= 4 is 5.91 Å². The van der Waals surface area contributed by atoms with Gasteiger partial charge in [0.1, 0.15) is 12.3 Å². The number of nitrogens with zero attached hydrogens (tertiary/aromatic N) is 3. The number of amides is 1. The quantitative estimate of drug-likeness (QED) is 0.863. The van der Waals surface area contributed by atoms with Gasteiger partial charge in [-0.15, -0.1) is 0 Å². The third-order valence-corrected chi connectivity index (χ3v) is 4.87. The highest BCUT2D eigenvalue weighted by molar-refractivity contribution is 5.97. The van der Waals surface area contributed by atoms with Crippen LogP contribution in [0.5, 0.6) is 5.75 Å². The molecular formula is C19H22F3N3O3. The van der Waals surface area contributed by atoms with Crippen LogP contribution in [0.1, 0.15) is 38.9 Å². The van der Waals surface area contributed by atoms with Crippen LogP contribution in [0, 0.1) is 20.8 Å². The largest absolute Gasteiger partial charge is 0.507 e. The van der Waals surface area contributed by atoms with Crippen LogP contribution < -0.4 is 0 Å². The predicted octanol–water partition coefficient (Wildman–Crippen LogP) is 3.29. The Labute approximate surface area is 160 Å². The molecule has 2 aromatic rings. The second kappa shape index (κ2) is 7.46. The topological polar surface area (TPSA) is 67.6 Å². The Morgan fingerprint density at radius 3 is 2.71 bits per heavy atom. The number of hydrogen-bond acceptors (Lipinski definition) is 4. The van der Waals surface area contributed by atoms with E-state index in [9.17, 15) is 23.1 Å². The van der Waals surface area contributed by atoms with Crippen LogP contribution in [-0.4, -0.2) is 51.6 Å². The maximum Gasteiger partial charge on any atom is 0.408 e. The molecule has 1 aromatic carbocycles. The van der Waals surface area contributed by atoms with Crippen molar-refractivity contribution in [2.45, 2.75) is 39.5 Å². The molecule has 1 N–H and O–H groups in total. The molecule has 0 aliphatic carbocycles. The first-order chi connectivity index (χ1) is 13.1. The molecule has 9 heteroatoms. The zero-order valence-corrected chi connectivity index (χ0v) is 15.9. The molecule has 1 fully saturated rings. The Morgan fingerprint density at radius 2 is 2.04 bits per heavy atom. The number of aryl methyl sites for hydroxylation is 2. The Hall–Kier alpha value is -2.55. The fourth-order valence-electron chi connectivity index (χ4n) is 3.58. The zero-order valence-electron chi connectivity index (χ0n) is 15.9. The van der Waals surface area contributed by atoms with Gasteiger partial charge in [-0.2, -0.15) is 18.3 Å². The molecule has 1 aliphatic heterocycles. The summed E-state index contributed by atoms with van der Waals surface area (Å²) in [5.41, 5.74) is 2.28. The molecule has 1 atom stereocenters. The second-order valence-electron chi connectivity index (χ2n) is 6.97. The number of ether oxygens (including phenoxy) is 1. The van der Waals surface area contributed by atoms with Crippen LogP contribution in [-0.2, 0) is 11.3 Å². The maximum absolute atomic E-state index is 13.1. The van der Waals surface area contributed by atoms with E-state index >= 15 is 0 Å². The van der Waals surface area contributed by atoms with Gasteiger partial charge in [0.15, 0.2) is 0 Å². The van der Waals surface area contributed by atoms with Crippen LogP contribution >= 0.6 is 0 Å². The molecule has 28 heavy (non-hydrogen) atoms. The SMILES string of the molecule is Cc1ccc(O)c(C(=O)N2CCOCC2c2c(C)nn(CC(F)(F)F)c2C)c1. The molecule has 0 spiro atoms. The van der Waals surface area contributed by atoms with Crippen LogP contribution in [0.25, 0.3) is 0 Å². The van der Waals surface area contributed by atoms with Crippen molar-refractivity contribution in [3.63, 3.8) is 0 Å². The van der Waals surface area contributed by atoms with Gasteiger partial charge in [-0.3, -0.25) is 9.48 Å². The molecule has 1 aliphatic rings. The predicted molar refractivity (Wildman–Crippen MR) is 95.2 cm³/mol. The molecule has 0 radical (unpaired) electrons. The van der Waals surface area contributed by atoms with Gasteiger partial charge in [0, 0.05) is 17.8 Å². The number of alkyl halides is 3. The van der Waals surface area contributed by atoms with Crippen LogP contribution in [0.15, 0.2) is 18.2 Å². The monoisotopic (exact) mass is 397 g/mol. The summed E-state index contributed by atoms with van der Waals surface area (Å²) in [5.74, 6) is -0.529. The van der Waals surface area contributed by atoms with Crippen LogP contribution in [0.4, 0.5) is 13.2 Å². The summed E-state index contributed by atoms with van der Waals surface area (Å²) < 4.78 is 44.9. The van der Waals surface area contributed by atoms with E-state index in [0.29, 0.717) is 23.6 Å². The van der Waals surface area contributed by atoms with E-state index in [1.807, 2.05) is 6.92 Å². The van der Waals surface area contributed by atoms with Gasteiger partial charge < -0.3 is 14.7 Å². The third-order valence-electron chi connectivity index (χ3n) is 4.87. The van der Waals surface area contributed by atoms with Crippen molar-refractivity contribution in [1.29, 1.82) is 0 Å². The average Bonchev–Trinajstić information content (AvgIpc) is 2.88. The Bertz CT molecular complexity index is 893. The summed E-state index contributed by atoms with van der Waals surface area (Å²) in [5, 5.41) is 14.1. The van der Waals surface area contributed by atoms with Gasteiger partial charge in [-0.1, -0.05) is 11.6 Å². The number of rotatable bonds is 3. The minimum Gasteiger partial charge on any atom is -0.507 e. The Morgan fingerprint density at radius 1 is 1.32 bits per heavy atom. The fourth-order valence-corrected chi connectivity index (χ4v) is 3.58. The lowest BCUT2D eigenvalue weighted by atomic mass is 10.0. The first kappa shape index (κ1) is 20.2. The molecule has 1 saturated heterocycles. The maximum atomic E-state index is 13.1. The Kier molecular flexibility index (Phi) is 5.38. The van der Waals surface area contributed by atoms with Crippen molar-refractivity contribution in [3.05, 3.63) is 46.3 Å². The zero-order chi connectivity index (χ0) is 20.6. The van der Waals surface area contributed by atoms with Gasteiger partial charge in [0.05, 0.1) is 30.5 Å². The van der Waals surface area contributed by atoms with Crippen molar-refractivity contribution in [1.82, 2.24) is 14.7 Å². The van der Waals surface area contributed by atoms with Crippen molar-refractivity contribution in [3.8, 4) is 5.75 Å². The van der Waals surface area contributed by atoms with Crippen LogP contribution in [0.3, 0.4) is 0 Å². The van der Waals surface area contributed by atoms with E-state index in [1.54, 1.807) is 26.0 Å². The minimum atomic E-state index is -4.40. The normalized spacial score (nSPS) is 17.8. The lowest BCUT2D eigenvalue weighted by Gasteiger charge is -2.36. The van der Waals surface area contributed by atoms with Gasteiger partial charge in [0.2, 0.25) is 0 Å². The molecule has 1 unspecified atom stereocenters. The molecule has 2 heterocycles. The molecule has 152 valence electrons. The highest BCUT2D eigenvalue weighted by Crippen LogP contribution is 2.33. The number of aromatic nitrogens is 2. The minimum absolute atomic E-state index is 0.137. The highest BCUT2D eigenvalue weighted by Gasteiger charge is 2.36. The number of halogens is 3. The number of phenols is 1. The smallest absolute Gasteiger partial charge is 0.408 e. The number of carbonyl (C=O) groups excluding carboxylic acids is 1. The van der Waals surface area contributed by atoms with E-state index in [2.05, 4.69) is 5.10 Å². The van der Waals surface area contributed by atoms with Gasteiger partial charge in [0.25, 0.3) is 5.91 Å². The summed E-state index contributed by atoms with van der Waals surface area (Å²) in [7, 11) is 0. The first-order valence-corrected chi connectivity index (χ1v) is 8.87. The fraction of sp³-hybridized carbons (Fsp3) is 0.474. The van der Waals surface area contributed by atoms with Crippen molar-refractivity contribution in [2.75, 3.05) is 19.8 Å².